The average Bonchev–Trinajstić information content (AvgIpc) is 2.81. The minimum atomic E-state index is -1.78. The second-order valence-corrected chi connectivity index (χ2v) is 9.44. The summed E-state index contributed by atoms with van der Waals surface area (Å²) < 4.78 is 0. The largest absolute Gasteiger partial charge is 0.479 e. The number of carboxylic acid groups (broad SMARTS) is 1. The molecule has 26 heavy (non-hydrogen) atoms. The number of aliphatic carboxylic acids is 1. The van der Waals surface area contributed by atoms with Gasteiger partial charge in [0.2, 0.25) is 0 Å². The number of carbonyl (C=O) groups is 2. The van der Waals surface area contributed by atoms with Crippen LogP contribution in [-0.2, 0) is 9.59 Å². The monoisotopic (exact) mass is 360 g/mol. The molecule has 0 saturated heterocycles. The molecule has 0 aromatic heterocycles. The van der Waals surface area contributed by atoms with Crippen LogP contribution in [0.5, 0.6) is 0 Å². The third kappa shape index (κ3) is 1.99. The van der Waals surface area contributed by atoms with Crippen molar-refractivity contribution in [2.75, 3.05) is 0 Å². The Bertz CT molecular complexity index is 739. The lowest BCUT2D eigenvalue weighted by atomic mass is 9.45. The molecular formula is C21H28O5. The van der Waals surface area contributed by atoms with Crippen LogP contribution in [0.4, 0.5) is 0 Å². The minimum Gasteiger partial charge on any atom is -0.479 e. The summed E-state index contributed by atoms with van der Waals surface area (Å²) in [5.74, 6) is -0.839. The first-order valence-corrected chi connectivity index (χ1v) is 9.64. The SMILES string of the molecule is C[C@H]1C[C@@H]2[C@H]([C@@H](O)C[C@@]3(C)[C@H]2CC[C@@]3(O)C(=O)O)[C@@]2(C)C=CC(=O)C=C12. The van der Waals surface area contributed by atoms with Gasteiger partial charge in [-0.15, -0.1) is 0 Å². The lowest BCUT2D eigenvalue weighted by molar-refractivity contribution is -0.193. The lowest BCUT2D eigenvalue weighted by Crippen LogP contribution is -2.62. The standard InChI is InChI=1S/C21H28O5/c1-11-8-13-14-5-7-21(26,18(24)25)20(14,3)10-16(23)17(13)19(2)6-4-12(22)9-15(11)19/h4,6,9,11,13-14,16-17,23,26H,5,7-8,10H2,1-3H3,(H,24,25)/t11-,13-,14-,16-,17+,19-,20-,21+/m0/s1. The maximum absolute atomic E-state index is 11.9. The molecule has 3 saturated carbocycles. The van der Waals surface area contributed by atoms with Crippen LogP contribution >= 0.6 is 0 Å². The fraction of sp³-hybridized carbons (Fsp3) is 0.714. The van der Waals surface area contributed by atoms with E-state index in [-0.39, 0.29) is 47.7 Å². The third-order valence-corrected chi connectivity index (χ3v) is 8.32. The molecule has 0 radical (unpaired) electrons. The zero-order chi connectivity index (χ0) is 19.1. The van der Waals surface area contributed by atoms with Gasteiger partial charge in [-0.05, 0) is 55.6 Å². The average molecular weight is 360 g/mol. The molecule has 0 aliphatic heterocycles. The van der Waals surface area contributed by atoms with E-state index in [4.69, 9.17) is 0 Å². The summed E-state index contributed by atoms with van der Waals surface area (Å²) in [5, 5.41) is 31.8. The molecule has 5 heteroatoms. The molecule has 142 valence electrons. The molecule has 4 aliphatic rings. The van der Waals surface area contributed by atoms with Gasteiger partial charge in [-0.2, -0.15) is 0 Å². The Morgan fingerprint density at radius 1 is 1.31 bits per heavy atom. The number of ketones is 1. The van der Waals surface area contributed by atoms with Crippen molar-refractivity contribution in [2.45, 2.75) is 58.2 Å². The minimum absolute atomic E-state index is 0.000897. The smallest absolute Gasteiger partial charge is 0.336 e. The van der Waals surface area contributed by atoms with Gasteiger partial charge in [-0.1, -0.05) is 32.4 Å². The van der Waals surface area contributed by atoms with Crippen molar-refractivity contribution in [1.29, 1.82) is 0 Å². The Hall–Kier alpha value is -1.46. The Morgan fingerprint density at radius 2 is 2.00 bits per heavy atom. The topological polar surface area (TPSA) is 94.8 Å². The number of carbonyl (C=O) groups excluding carboxylic acids is 1. The Labute approximate surface area is 153 Å². The van der Waals surface area contributed by atoms with Crippen molar-refractivity contribution in [1.82, 2.24) is 0 Å². The van der Waals surface area contributed by atoms with Crippen LogP contribution < -0.4 is 0 Å². The number of allylic oxidation sites excluding steroid dienone is 4. The number of rotatable bonds is 1. The molecular weight excluding hydrogens is 332 g/mol. The normalized spacial score (nSPS) is 52.7. The van der Waals surface area contributed by atoms with Crippen molar-refractivity contribution < 1.29 is 24.9 Å². The van der Waals surface area contributed by atoms with Gasteiger partial charge < -0.3 is 15.3 Å². The number of hydrogen-bond acceptors (Lipinski definition) is 4. The maximum atomic E-state index is 11.9. The quantitative estimate of drug-likeness (QED) is 0.667. The van der Waals surface area contributed by atoms with Gasteiger partial charge in [0, 0.05) is 16.7 Å². The fourth-order valence-electron chi connectivity index (χ4n) is 7.11. The highest BCUT2D eigenvalue weighted by molar-refractivity contribution is 6.01. The summed E-state index contributed by atoms with van der Waals surface area (Å²) in [5.41, 5.74) is -1.91. The Kier molecular flexibility index (Phi) is 3.65. The maximum Gasteiger partial charge on any atom is 0.336 e. The number of aliphatic hydroxyl groups is 2. The van der Waals surface area contributed by atoms with Crippen LogP contribution in [0.3, 0.4) is 0 Å². The second-order valence-electron chi connectivity index (χ2n) is 9.44. The van der Waals surface area contributed by atoms with E-state index in [9.17, 15) is 24.9 Å². The molecule has 4 aliphatic carbocycles. The van der Waals surface area contributed by atoms with Crippen LogP contribution in [0.1, 0.15) is 46.5 Å². The molecule has 5 nitrogen and oxygen atoms in total. The molecule has 0 heterocycles. The van der Waals surface area contributed by atoms with Gasteiger partial charge >= 0.3 is 5.97 Å². The van der Waals surface area contributed by atoms with Crippen molar-refractivity contribution in [3.63, 3.8) is 0 Å². The van der Waals surface area contributed by atoms with Crippen molar-refractivity contribution in [3.05, 3.63) is 23.8 Å². The molecule has 4 rings (SSSR count). The highest BCUT2D eigenvalue weighted by atomic mass is 16.4. The van der Waals surface area contributed by atoms with E-state index in [0.717, 1.165) is 12.0 Å². The van der Waals surface area contributed by atoms with Gasteiger partial charge in [-0.25, -0.2) is 4.79 Å². The van der Waals surface area contributed by atoms with Gasteiger partial charge in [0.25, 0.3) is 0 Å². The van der Waals surface area contributed by atoms with E-state index >= 15 is 0 Å². The lowest BCUT2D eigenvalue weighted by Gasteiger charge is -2.60. The molecule has 0 bridgehead atoms. The van der Waals surface area contributed by atoms with Crippen LogP contribution in [-0.4, -0.2) is 38.8 Å². The van der Waals surface area contributed by atoms with Crippen molar-refractivity contribution >= 4 is 11.8 Å². The number of aliphatic hydroxyl groups excluding tert-OH is 1. The Morgan fingerprint density at radius 3 is 2.65 bits per heavy atom. The summed E-state index contributed by atoms with van der Waals surface area (Å²) >= 11 is 0. The van der Waals surface area contributed by atoms with Crippen LogP contribution in [0.25, 0.3) is 0 Å². The van der Waals surface area contributed by atoms with Crippen molar-refractivity contribution in [3.8, 4) is 0 Å². The first-order valence-electron chi connectivity index (χ1n) is 9.64. The van der Waals surface area contributed by atoms with E-state index in [1.54, 1.807) is 12.2 Å². The number of fused-ring (bicyclic) bond motifs is 5. The predicted molar refractivity (Wildman–Crippen MR) is 95.1 cm³/mol. The molecule has 0 unspecified atom stereocenters. The third-order valence-electron chi connectivity index (χ3n) is 8.32. The molecule has 8 atom stereocenters. The Balaban J connectivity index is 1.80. The molecule has 3 N–H and O–H groups in total. The van der Waals surface area contributed by atoms with Crippen LogP contribution in [0.2, 0.25) is 0 Å². The van der Waals surface area contributed by atoms with E-state index in [1.165, 1.54) is 0 Å². The van der Waals surface area contributed by atoms with Crippen molar-refractivity contribution in [2.24, 2.45) is 34.5 Å². The second kappa shape index (κ2) is 5.29. The summed E-state index contributed by atoms with van der Waals surface area (Å²) in [6, 6.07) is 0. The zero-order valence-electron chi connectivity index (χ0n) is 15.6. The molecule has 0 amide bonds. The number of hydrogen-bond donors (Lipinski definition) is 3. The van der Waals surface area contributed by atoms with Gasteiger partial charge in [-0.3, -0.25) is 4.79 Å². The van der Waals surface area contributed by atoms with Gasteiger partial charge in [0.15, 0.2) is 11.4 Å². The highest BCUT2D eigenvalue weighted by Crippen LogP contribution is 2.67. The van der Waals surface area contributed by atoms with E-state index in [0.29, 0.717) is 6.42 Å². The van der Waals surface area contributed by atoms with E-state index < -0.39 is 23.1 Å². The number of carboxylic acids is 1. The summed E-state index contributed by atoms with van der Waals surface area (Å²) in [6.45, 7) is 6.06. The summed E-state index contributed by atoms with van der Waals surface area (Å²) in [7, 11) is 0. The molecule has 0 spiro atoms. The van der Waals surface area contributed by atoms with E-state index in [1.807, 2.05) is 13.0 Å². The fourth-order valence-corrected chi connectivity index (χ4v) is 7.11. The first-order chi connectivity index (χ1) is 12.0. The molecule has 0 aromatic carbocycles. The predicted octanol–water partition coefficient (Wildman–Crippen LogP) is 2.33. The molecule has 3 fully saturated rings. The van der Waals surface area contributed by atoms with Crippen LogP contribution in [0, 0.1) is 34.5 Å². The first kappa shape index (κ1) is 17.9. The van der Waals surface area contributed by atoms with Gasteiger partial charge in [0.1, 0.15) is 0 Å². The summed E-state index contributed by atoms with van der Waals surface area (Å²) in [4.78, 5) is 23.8. The zero-order valence-corrected chi connectivity index (χ0v) is 15.6. The summed E-state index contributed by atoms with van der Waals surface area (Å²) in [6.07, 6.45) is 6.57. The van der Waals surface area contributed by atoms with E-state index in [2.05, 4.69) is 13.8 Å². The molecule has 0 aromatic rings. The van der Waals surface area contributed by atoms with Crippen LogP contribution in [0.15, 0.2) is 23.8 Å². The van der Waals surface area contributed by atoms with Gasteiger partial charge in [0.05, 0.1) is 6.10 Å². The highest BCUT2D eigenvalue weighted by Gasteiger charge is 2.69.